The minimum atomic E-state index is -0.985. The number of carboxylic acids is 1. The summed E-state index contributed by atoms with van der Waals surface area (Å²) in [7, 11) is 0. The van der Waals surface area contributed by atoms with Crippen molar-refractivity contribution in [2.24, 2.45) is 5.73 Å². The first-order chi connectivity index (χ1) is 10.2. The van der Waals surface area contributed by atoms with Crippen LogP contribution in [0.5, 0.6) is 5.75 Å². The summed E-state index contributed by atoms with van der Waals surface area (Å²) in [5, 5.41) is 8.69. The van der Waals surface area contributed by atoms with Gasteiger partial charge in [0.15, 0.2) is 0 Å². The van der Waals surface area contributed by atoms with E-state index in [9.17, 15) is 9.59 Å². The van der Waals surface area contributed by atoms with E-state index in [4.69, 9.17) is 20.3 Å². The summed E-state index contributed by atoms with van der Waals surface area (Å²) in [5.74, 6) is -0.582. The molecule has 0 saturated heterocycles. The van der Waals surface area contributed by atoms with Gasteiger partial charge in [0.25, 0.3) is 0 Å². The fraction of sp³-hybridized carbons (Fsp3) is 0.500. The van der Waals surface area contributed by atoms with E-state index in [0.29, 0.717) is 25.0 Å². The van der Waals surface area contributed by atoms with Crippen LogP contribution >= 0.6 is 0 Å². The summed E-state index contributed by atoms with van der Waals surface area (Å²) in [5.41, 5.74) is 5.86. The lowest BCUT2D eigenvalue weighted by Crippen LogP contribution is -2.29. The van der Waals surface area contributed by atoms with E-state index < -0.39 is 23.8 Å². The standard InChI is InChI=1S/C16H23NO5/c1-16(2,3)22-15(20)21-12-9-7-11(8-10-12)5-4-6-13(17)14(18)19/h7-10,13H,4-6,17H2,1-3H3,(H,18,19). The fourth-order valence-corrected chi connectivity index (χ4v) is 1.74. The second-order valence-electron chi connectivity index (χ2n) is 6.05. The Labute approximate surface area is 130 Å². The molecule has 1 aromatic rings. The smallest absolute Gasteiger partial charge is 0.480 e. The molecular weight excluding hydrogens is 286 g/mol. The Balaban J connectivity index is 2.43. The molecule has 1 aromatic carbocycles. The molecule has 0 radical (unpaired) electrons. The third-order valence-electron chi connectivity index (χ3n) is 2.81. The van der Waals surface area contributed by atoms with Gasteiger partial charge in [0.1, 0.15) is 17.4 Å². The van der Waals surface area contributed by atoms with Crippen LogP contribution in [0.1, 0.15) is 39.2 Å². The molecule has 1 unspecified atom stereocenters. The molecule has 0 aromatic heterocycles. The average Bonchev–Trinajstić information content (AvgIpc) is 2.38. The van der Waals surface area contributed by atoms with Gasteiger partial charge in [-0.15, -0.1) is 0 Å². The molecule has 3 N–H and O–H groups in total. The molecule has 6 heteroatoms. The van der Waals surface area contributed by atoms with Gasteiger partial charge >= 0.3 is 12.1 Å². The Morgan fingerprint density at radius 2 is 1.82 bits per heavy atom. The highest BCUT2D eigenvalue weighted by atomic mass is 16.7. The Bertz CT molecular complexity index is 504. The molecule has 6 nitrogen and oxygen atoms in total. The van der Waals surface area contributed by atoms with Crippen molar-refractivity contribution in [3.05, 3.63) is 29.8 Å². The molecule has 0 aliphatic carbocycles. The van der Waals surface area contributed by atoms with E-state index in [0.717, 1.165) is 5.56 Å². The zero-order valence-electron chi connectivity index (χ0n) is 13.2. The Kier molecular flexibility index (Phi) is 6.37. The van der Waals surface area contributed by atoms with Crippen molar-refractivity contribution in [3.8, 4) is 5.75 Å². The number of aliphatic carboxylic acids is 1. The predicted octanol–water partition coefficient (Wildman–Crippen LogP) is 2.74. The quantitative estimate of drug-likeness (QED) is 0.619. The summed E-state index contributed by atoms with van der Waals surface area (Å²) < 4.78 is 10.1. The van der Waals surface area contributed by atoms with Gasteiger partial charge in [-0.3, -0.25) is 4.79 Å². The first-order valence-electron chi connectivity index (χ1n) is 7.15. The van der Waals surface area contributed by atoms with Gasteiger partial charge in [-0.2, -0.15) is 0 Å². The molecule has 122 valence electrons. The summed E-state index contributed by atoms with van der Waals surface area (Å²) >= 11 is 0. The molecule has 0 aliphatic heterocycles. The van der Waals surface area contributed by atoms with Crippen molar-refractivity contribution in [1.82, 2.24) is 0 Å². The third-order valence-corrected chi connectivity index (χ3v) is 2.81. The Morgan fingerprint density at radius 1 is 1.23 bits per heavy atom. The Hall–Kier alpha value is -2.08. The lowest BCUT2D eigenvalue weighted by atomic mass is 10.1. The zero-order valence-corrected chi connectivity index (χ0v) is 13.2. The minimum absolute atomic E-state index is 0.403. The highest BCUT2D eigenvalue weighted by Crippen LogP contribution is 2.16. The van der Waals surface area contributed by atoms with Crippen molar-refractivity contribution in [1.29, 1.82) is 0 Å². The fourth-order valence-electron chi connectivity index (χ4n) is 1.74. The summed E-state index contributed by atoms with van der Waals surface area (Å²) in [6, 6.07) is 6.18. The topological polar surface area (TPSA) is 98.9 Å². The van der Waals surface area contributed by atoms with Crippen LogP contribution in [0.3, 0.4) is 0 Å². The van der Waals surface area contributed by atoms with Crippen LogP contribution < -0.4 is 10.5 Å². The van der Waals surface area contributed by atoms with Gasteiger partial charge in [-0.25, -0.2) is 4.79 Å². The van der Waals surface area contributed by atoms with Crippen LogP contribution in [-0.4, -0.2) is 28.9 Å². The highest BCUT2D eigenvalue weighted by molar-refractivity contribution is 5.72. The van der Waals surface area contributed by atoms with Crippen LogP contribution in [0.4, 0.5) is 4.79 Å². The number of hydrogen-bond donors (Lipinski definition) is 2. The van der Waals surface area contributed by atoms with Crippen LogP contribution in [0, 0.1) is 0 Å². The van der Waals surface area contributed by atoms with Crippen molar-refractivity contribution >= 4 is 12.1 Å². The highest BCUT2D eigenvalue weighted by Gasteiger charge is 2.18. The van der Waals surface area contributed by atoms with E-state index in [1.165, 1.54) is 0 Å². The van der Waals surface area contributed by atoms with Gasteiger partial charge in [0, 0.05) is 0 Å². The van der Waals surface area contributed by atoms with Gasteiger partial charge in [0.05, 0.1) is 0 Å². The number of ether oxygens (including phenoxy) is 2. The monoisotopic (exact) mass is 309 g/mol. The summed E-state index contributed by atoms with van der Waals surface area (Å²) in [6.07, 6.45) is 1.08. The molecule has 0 saturated carbocycles. The number of benzene rings is 1. The molecule has 0 aliphatic rings. The molecular formula is C16H23NO5. The van der Waals surface area contributed by atoms with Crippen LogP contribution in [0.25, 0.3) is 0 Å². The van der Waals surface area contributed by atoms with E-state index in [-0.39, 0.29) is 0 Å². The van der Waals surface area contributed by atoms with Crippen molar-refractivity contribution in [2.45, 2.75) is 51.7 Å². The van der Waals surface area contributed by atoms with Gasteiger partial charge in [-0.05, 0) is 57.7 Å². The molecule has 1 rings (SSSR count). The van der Waals surface area contributed by atoms with E-state index in [2.05, 4.69) is 0 Å². The van der Waals surface area contributed by atoms with E-state index >= 15 is 0 Å². The number of carbonyl (C=O) groups is 2. The maximum Gasteiger partial charge on any atom is 0.514 e. The second kappa shape index (κ2) is 7.79. The summed E-state index contributed by atoms with van der Waals surface area (Å²) in [4.78, 5) is 22.1. The number of rotatable bonds is 6. The van der Waals surface area contributed by atoms with Gasteiger partial charge in [0.2, 0.25) is 0 Å². The molecule has 1 atom stereocenters. The number of hydrogen-bond acceptors (Lipinski definition) is 5. The molecule has 0 amide bonds. The largest absolute Gasteiger partial charge is 0.514 e. The van der Waals surface area contributed by atoms with E-state index in [1.54, 1.807) is 32.9 Å². The van der Waals surface area contributed by atoms with Crippen LogP contribution in [0.15, 0.2) is 24.3 Å². The number of aryl methyl sites for hydroxylation is 1. The van der Waals surface area contributed by atoms with Crippen LogP contribution in [0.2, 0.25) is 0 Å². The number of carboxylic acid groups (broad SMARTS) is 1. The third kappa shape index (κ3) is 7.08. The first kappa shape index (κ1) is 18.0. The Morgan fingerprint density at radius 3 is 2.32 bits per heavy atom. The lowest BCUT2D eigenvalue weighted by Gasteiger charge is -2.18. The van der Waals surface area contributed by atoms with Crippen LogP contribution in [-0.2, 0) is 16.0 Å². The maximum atomic E-state index is 11.5. The SMILES string of the molecule is CC(C)(C)OC(=O)Oc1ccc(CCCC(N)C(=O)O)cc1. The maximum absolute atomic E-state index is 11.5. The van der Waals surface area contributed by atoms with Gasteiger partial charge in [-0.1, -0.05) is 12.1 Å². The second-order valence-corrected chi connectivity index (χ2v) is 6.05. The number of carbonyl (C=O) groups excluding carboxylic acids is 1. The minimum Gasteiger partial charge on any atom is -0.480 e. The molecule has 22 heavy (non-hydrogen) atoms. The lowest BCUT2D eigenvalue weighted by molar-refractivity contribution is -0.138. The molecule has 0 bridgehead atoms. The summed E-state index contributed by atoms with van der Waals surface area (Å²) in [6.45, 7) is 5.29. The number of nitrogens with two attached hydrogens (primary N) is 1. The normalized spacial score (nSPS) is 12.5. The van der Waals surface area contributed by atoms with Gasteiger partial charge < -0.3 is 20.3 Å². The molecule has 0 heterocycles. The average molecular weight is 309 g/mol. The van der Waals surface area contributed by atoms with Crippen molar-refractivity contribution in [3.63, 3.8) is 0 Å². The van der Waals surface area contributed by atoms with Crippen molar-refractivity contribution in [2.75, 3.05) is 0 Å². The molecule has 0 fully saturated rings. The zero-order chi connectivity index (χ0) is 16.8. The molecule has 0 spiro atoms. The van der Waals surface area contributed by atoms with Crippen molar-refractivity contribution < 1.29 is 24.2 Å². The first-order valence-corrected chi connectivity index (χ1v) is 7.15. The predicted molar refractivity (Wildman–Crippen MR) is 81.9 cm³/mol. The van der Waals surface area contributed by atoms with E-state index in [1.807, 2.05) is 12.1 Å².